The Labute approximate surface area is 176 Å². The highest BCUT2D eigenvalue weighted by Crippen LogP contribution is 2.29. The molecular weight excluding hydrogens is 376 g/mol. The highest BCUT2D eigenvalue weighted by Gasteiger charge is 2.22. The van der Waals surface area contributed by atoms with E-state index in [-0.39, 0.29) is 12.7 Å². The van der Waals surface area contributed by atoms with E-state index in [2.05, 4.69) is 17.4 Å². The molecule has 5 heteroatoms. The molecule has 1 heterocycles. The molecule has 4 rings (SSSR count). The molecule has 30 heavy (non-hydrogen) atoms. The number of anilines is 2. The lowest BCUT2D eigenvalue weighted by Crippen LogP contribution is -2.33. The number of nitrogens with one attached hydrogen (secondary N) is 1. The van der Waals surface area contributed by atoms with E-state index in [9.17, 15) is 4.79 Å². The van der Waals surface area contributed by atoms with Crippen molar-refractivity contribution in [3.8, 4) is 0 Å². The molecule has 1 aliphatic heterocycles. The fourth-order valence-corrected chi connectivity index (χ4v) is 3.29. The minimum Gasteiger partial charge on any atom is -0.353 e. The number of ether oxygens (including phenoxy) is 1. The maximum atomic E-state index is 12.8. The lowest BCUT2D eigenvalue weighted by atomic mass is 10.0. The number of benzene rings is 3. The molecule has 3 aromatic rings. The van der Waals surface area contributed by atoms with Crippen LogP contribution in [0, 0.1) is 0 Å². The number of hydrogen-bond donors (Lipinski definition) is 1. The monoisotopic (exact) mass is 400 g/mol. The van der Waals surface area contributed by atoms with Gasteiger partial charge in [-0.15, -0.1) is 0 Å². The number of nitrogens with zero attached hydrogens (tertiary/aromatic N) is 1. The van der Waals surface area contributed by atoms with Gasteiger partial charge in [0.2, 0.25) is 0 Å². The van der Waals surface area contributed by atoms with Crippen LogP contribution >= 0.6 is 0 Å². The van der Waals surface area contributed by atoms with Crippen molar-refractivity contribution in [3.63, 3.8) is 0 Å². The van der Waals surface area contributed by atoms with Crippen molar-refractivity contribution in [1.29, 1.82) is 0 Å². The normalized spacial score (nSPS) is 12.8. The summed E-state index contributed by atoms with van der Waals surface area (Å²) in [6.45, 7) is 1.03. The van der Waals surface area contributed by atoms with E-state index in [1.54, 1.807) is 5.06 Å². The summed E-state index contributed by atoms with van der Waals surface area (Å²) < 4.78 is 5.66. The highest BCUT2D eigenvalue weighted by molar-refractivity contribution is 6.08. The quantitative estimate of drug-likeness (QED) is 0.441. The van der Waals surface area contributed by atoms with Gasteiger partial charge in [-0.25, -0.2) is 9.90 Å². The van der Waals surface area contributed by atoms with Crippen LogP contribution in [0.25, 0.3) is 6.08 Å². The maximum Gasteiger partial charge on any atom is 0.253 e. The van der Waals surface area contributed by atoms with Gasteiger partial charge in [0.15, 0.2) is 6.79 Å². The number of rotatable bonds is 8. The van der Waals surface area contributed by atoms with Gasteiger partial charge in [-0.05, 0) is 36.3 Å². The zero-order valence-corrected chi connectivity index (χ0v) is 16.7. The highest BCUT2D eigenvalue weighted by atomic mass is 16.8. The fourth-order valence-electron chi connectivity index (χ4n) is 3.29. The molecule has 1 N–H and O–H groups in total. The van der Waals surface area contributed by atoms with Crippen LogP contribution < -0.4 is 10.4 Å². The summed E-state index contributed by atoms with van der Waals surface area (Å²) in [5.41, 5.74) is 4.47. The molecule has 0 fully saturated rings. The Bertz CT molecular complexity index is 1000. The first-order valence-electron chi connectivity index (χ1n) is 9.98. The summed E-state index contributed by atoms with van der Waals surface area (Å²) in [7, 11) is 0. The second kappa shape index (κ2) is 9.87. The van der Waals surface area contributed by atoms with Crippen LogP contribution in [0.5, 0.6) is 0 Å². The van der Waals surface area contributed by atoms with Crippen LogP contribution in [0.2, 0.25) is 0 Å². The largest absolute Gasteiger partial charge is 0.353 e. The molecule has 0 saturated heterocycles. The third kappa shape index (κ3) is 5.14. The Morgan fingerprint density at radius 3 is 2.40 bits per heavy atom. The molecule has 1 aliphatic rings. The van der Waals surface area contributed by atoms with Gasteiger partial charge in [0.25, 0.3) is 5.91 Å². The van der Waals surface area contributed by atoms with Gasteiger partial charge in [-0.2, -0.15) is 0 Å². The van der Waals surface area contributed by atoms with Gasteiger partial charge in [0, 0.05) is 16.8 Å². The van der Waals surface area contributed by atoms with E-state index in [1.807, 2.05) is 78.9 Å². The number of amides is 1. The molecule has 0 spiro atoms. The summed E-state index contributed by atoms with van der Waals surface area (Å²) >= 11 is 0. The molecule has 3 aromatic carbocycles. The topological polar surface area (TPSA) is 50.8 Å². The molecule has 5 nitrogen and oxygen atoms in total. The van der Waals surface area contributed by atoms with E-state index in [4.69, 9.17) is 9.57 Å². The smallest absolute Gasteiger partial charge is 0.253 e. The molecule has 0 bridgehead atoms. The second-order valence-electron chi connectivity index (χ2n) is 6.98. The average molecular weight is 400 g/mol. The third-order valence-corrected chi connectivity index (χ3v) is 4.84. The van der Waals surface area contributed by atoms with E-state index in [0.29, 0.717) is 18.7 Å². The van der Waals surface area contributed by atoms with Gasteiger partial charge >= 0.3 is 0 Å². The Hall–Kier alpha value is -3.41. The Kier molecular flexibility index (Phi) is 6.54. The molecule has 0 aliphatic carbocycles. The summed E-state index contributed by atoms with van der Waals surface area (Å²) in [5, 5.41) is 4.66. The van der Waals surface area contributed by atoms with Crippen molar-refractivity contribution in [1.82, 2.24) is 0 Å². The summed E-state index contributed by atoms with van der Waals surface area (Å²) in [6.07, 6.45) is 2.73. The van der Waals surface area contributed by atoms with Crippen molar-refractivity contribution < 1.29 is 14.4 Å². The van der Waals surface area contributed by atoms with Gasteiger partial charge in [0.05, 0.1) is 18.8 Å². The van der Waals surface area contributed by atoms with Crippen LogP contribution in [-0.2, 0) is 20.8 Å². The van der Waals surface area contributed by atoms with Crippen LogP contribution in [0.1, 0.15) is 11.1 Å². The number of para-hydroxylation sites is 2. The minimum absolute atomic E-state index is 0.120. The summed E-state index contributed by atoms with van der Waals surface area (Å²) in [4.78, 5) is 18.6. The average Bonchev–Trinajstić information content (AvgIpc) is 2.80. The number of fused-ring (bicyclic) bond motifs is 1. The minimum atomic E-state index is -0.144. The lowest BCUT2D eigenvalue weighted by Gasteiger charge is -2.29. The van der Waals surface area contributed by atoms with E-state index in [1.165, 1.54) is 5.56 Å². The Morgan fingerprint density at radius 2 is 1.60 bits per heavy atom. The van der Waals surface area contributed by atoms with Crippen LogP contribution in [0.15, 0.2) is 90.5 Å². The Balaban J connectivity index is 1.36. The van der Waals surface area contributed by atoms with Crippen LogP contribution in [-0.4, -0.2) is 25.9 Å². The molecule has 0 aromatic heterocycles. The van der Waals surface area contributed by atoms with Gasteiger partial charge in [-0.1, -0.05) is 66.7 Å². The third-order valence-electron chi connectivity index (χ3n) is 4.84. The standard InChI is InChI=1S/C25H24N2O3/c28-25(26-23-12-5-2-6-13-23)22-17-21-11-7-8-14-24(21)27(18-22)30-19-29-16-15-20-9-3-1-4-10-20/h1-14,17H,15-16,18-19H2,(H,26,28). The number of hydrogen-bond acceptors (Lipinski definition) is 4. The van der Waals surface area contributed by atoms with Gasteiger partial charge in [0.1, 0.15) is 0 Å². The SMILES string of the molecule is O=C(Nc1ccccc1)C1=Cc2ccccc2N(OCOCCc2ccccc2)C1. The van der Waals surface area contributed by atoms with Gasteiger partial charge < -0.3 is 10.1 Å². The molecule has 0 atom stereocenters. The number of carbonyl (C=O) groups is 1. The van der Waals surface area contributed by atoms with Crippen molar-refractivity contribution >= 4 is 23.4 Å². The number of carbonyl (C=O) groups excluding carboxylic acids is 1. The van der Waals surface area contributed by atoms with Crippen molar-refractivity contribution in [2.75, 3.05) is 30.3 Å². The zero-order chi connectivity index (χ0) is 20.6. The fraction of sp³-hybridized carbons (Fsp3) is 0.160. The van der Waals surface area contributed by atoms with Crippen LogP contribution in [0.4, 0.5) is 11.4 Å². The second-order valence-corrected chi connectivity index (χ2v) is 6.98. The maximum absolute atomic E-state index is 12.8. The van der Waals surface area contributed by atoms with Gasteiger partial charge in [-0.3, -0.25) is 4.79 Å². The van der Waals surface area contributed by atoms with Crippen molar-refractivity contribution in [3.05, 3.63) is 102 Å². The molecule has 1 amide bonds. The predicted octanol–water partition coefficient (Wildman–Crippen LogP) is 4.68. The summed E-state index contributed by atoms with van der Waals surface area (Å²) in [6, 6.07) is 27.5. The molecule has 0 saturated carbocycles. The van der Waals surface area contributed by atoms with Crippen molar-refractivity contribution in [2.45, 2.75) is 6.42 Å². The first kappa shape index (κ1) is 19.9. The first-order valence-corrected chi connectivity index (χ1v) is 9.98. The molecular formula is C25H24N2O3. The lowest BCUT2D eigenvalue weighted by molar-refractivity contribution is -0.113. The van der Waals surface area contributed by atoms with E-state index in [0.717, 1.165) is 23.4 Å². The predicted molar refractivity (Wildman–Crippen MR) is 119 cm³/mol. The van der Waals surface area contributed by atoms with Crippen molar-refractivity contribution in [2.24, 2.45) is 0 Å². The number of hydroxylamine groups is 1. The molecule has 0 unspecified atom stereocenters. The molecule has 152 valence electrons. The zero-order valence-electron chi connectivity index (χ0n) is 16.7. The molecule has 0 radical (unpaired) electrons. The Morgan fingerprint density at radius 1 is 0.900 bits per heavy atom. The first-order chi connectivity index (χ1) is 14.8. The summed E-state index contributed by atoms with van der Waals surface area (Å²) in [5.74, 6) is -0.144. The van der Waals surface area contributed by atoms with Crippen LogP contribution in [0.3, 0.4) is 0 Å². The van der Waals surface area contributed by atoms with E-state index < -0.39 is 0 Å². The van der Waals surface area contributed by atoms with E-state index >= 15 is 0 Å².